The van der Waals surface area contributed by atoms with Gasteiger partial charge < -0.3 is 14.9 Å². The van der Waals surface area contributed by atoms with Crippen LogP contribution in [0.15, 0.2) is 24.3 Å². The molecule has 1 heterocycles. The average molecular weight is 303 g/mol. The molecular weight excluding hydrogens is 286 g/mol. The zero-order valence-corrected chi connectivity index (χ0v) is 12.0. The quantitative estimate of drug-likeness (QED) is 0.778. The Balaban J connectivity index is 1.75. The number of methoxy groups -OCH3 is 1. The lowest BCUT2D eigenvalue weighted by Crippen LogP contribution is -2.44. The molecule has 0 spiro atoms. The number of aliphatic hydroxyl groups excluding tert-OH is 1. The van der Waals surface area contributed by atoms with E-state index in [4.69, 9.17) is 4.74 Å². The Labute approximate surface area is 127 Å². The number of hydrogen-bond acceptors (Lipinski definition) is 5. The van der Waals surface area contributed by atoms with Crippen molar-refractivity contribution in [2.45, 2.75) is 18.6 Å². The highest BCUT2D eigenvalue weighted by molar-refractivity contribution is 6.23. The third-order valence-electron chi connectivity index (χ3n) is 5.46. The summed E-state index contributed by atoms with van der Waals surface area (Å²) in [6, 6.07) is 6.31. The molecule has 22 heavy (non-hydrogen) atoms. The minimum Gasteiger partial charge on any atom is -0.506 e. The number of amides is 2. The van der Waals surface area contributed by atoms with Crippen LogP contribution >= 0.6 is 0 Å². The smallest absolute Gasteiger partial charge is 0.238 e. The molecule has 2 N–H and O–H groups in total. The number of anilines is 1. The molecule has 6 nitrogen and oxygen atoms in total. The zero-order valence-electron chi connectivity index (χ0n) is 12.0. The van der Waals surface area contributed by atoms with Crippen LogP contribution in [0.25, 0.3) is 0 Å². The van der Waals surface area contributed by atoms with E-state index in [0.717, 1.165) is 4.90 Å². The van der Waals surface area contributed by atoms with Crippen LogP contribution in [0.2, 0.25) is 0 Å². The molecule has 1 aromatic rings. The number of para-hydroxylation sites is 2. The molecule has 1 saturated heterocycles. The number of hydrogen-bond donors (Lipinski definition) is 2. The van der Waals surface area contributed by atoms with Gasteiger partial charge in [0, 0.05) is 18.9 Å². The summed E-state index contributed by atoms with van der Waals surface area (Å²) in [5.74, 6) is -2.05. The highest BCUT2D eigenvalue weighted by atomic mass is 16.5. The van der Waals surface area contributed by atoms with Crippen LogP contribution in [-0.2, 0) is 14.3 Å². The number of nitrogens with zero attached hydrogens (tertiary/aromatic N) is 1. The number of phenols is 1. The van der Waals surface area contributed by atoms with Crippen LogP contribution in [0.4, 0.5) is 5.69 Å². The van der Waals surface area contributed by atoms with Gasteiger partial charge in [-0.3, -0.25) is 9.59 Å². The second-order valence-corrected chi connectivity index (χ2v) is 6.31. The summed E-state index contributed by atoms with van der Waals surface area (Å²) in [4.78, 5) is 26.6. The Bertz CT molecular complexity index is 660. The molecule has 1 aliphatic heterocycles. The van der Waals surface area contributed by atoms with E-state index in [-0.39, 0.29) is 35.1 Å². The number of rotatable bonds is 2. The SMILES string of the molecule is CO[C@@H]1[C@@H](O)[C@@H]2C[C@H]1[C@H]1C(=O)N(c3ccccc3O)C(=O)[C@H]21. The van der Waals surface area contributed by atoms with E-state index in [2.05, 4.69) is 0 Å². The molecule has 0 aromatic heterocycles. The van der Waals surface area contributed by atoms with E-state index in [1.807, 2.05) is 0 Å². The zero-order chi connectivity index (χ0) is 15.6. The molecule has 2 bridgehead atoms. The van der Waals surface area contributed by atoms with Crippen LogP contribution in [-0.4, -0.2) is 41.3 Å². The second kappa shape index (κ2) is 4.54. The number of fused-ring (bicyclic) bond motifs is 5. The molecule has 6 atom stereocenters. The number of benzene rings is 1. The number of aliphatic hydroxyl groups is 1. The van der Waals surface area contributed by atoms with Crippen molar-refractivity contribution in [2.24, 2.45) is 23.7 Å². The van der Waals surface area contributed by atoms with E-state index in [0.29, 0.717) is 6.42 Å². The van der Waals surface area contributed by atoms with Crippen molar-refractivity contribution in [3.63, 3.8) is 0 Å². The maximum absolute atomic E-state index is 12.8. The molecular formula is C16H17NO5. The Kier molecular flexibility index (Phi) is 2.83. The van der Waals surface area contributed by atoms with Crippen molar-refractivity contribution in [2.75, 3.05) is 12.0 Å². The fraction of sp³-hybridized carbons (Fsp3) is 0.500. The lowest BCUT2D eigenvalue weighted by Gasteiger charge is -2.31. The van der Waals surface area contributed by atoms with Crippen LogP contribution in [0, 0.1) is 23.7 Å². The lowest BCUT2D eigenvalue weighted by atomic mass is 9.78. The molecule has 2 aliphatic carbocycles. The summed E-state index contributed by atoms with van der Waals surface area (Å²) in [5.41, 5.74) is 0.217. The van der Waals surface area contributed by atoms with E-state index in [1.165, 1.54) is 13.2 Å². The standard InChI is InChI=1S/C16H17NO5/c1-22-14-8-6-7(13(14)19)11-12(8)16(21)17(15(11)20)9-4-2-3-5-10(9)18/h2-5,7-8,11-14,18-19H,6H2,1H3/t7-,8+,11-,12-,13+,14+/m1/s1. The molecule has 116 valence electrons. The average Bonchev–Trinajstić information content (AvgIpc) is 3.11. The number of phenolic OH excluding ortho intramolecular Hbond substituents is 1. The normalized spacial score (nSPS) is 39.6. The van der Waals surface area contributed by atoms with Gasteiger partial charge >= 0.3 is 0 Å². The van der Waals surface area contributed by atoms with Crippen LogP contribution < -0.4 is 4.90 Å². The molecule has 3 aliphatic rings. The van der Waals surface area contributed by atoms with Gasteiger partial charge in [-0.1, -0.05) is 12.1 Å². The fourth-order valence-corrected chi connectivity index (χ4v) is 4.61. The van der Waals surface area contributed by atoms with E-state index < -0.39 is 24.0 Å². The third-order valence-corrected chi connectivity index (χ3v) is 5.46. The Hall–Kier alpha value is -1.92. The van der Waals surface area contributed by atoms with E-state index in [9.17, 15) is 19.8 Å². The van der Waals surface area contributed by atoms with E-state index >= 15 is 0 Å². The predicted octanol–water partition coefficient (Wildman–Crippen LogP) is 0.523. The van der Waals surface area contributed by atoms with Crippen molar-refractivity contribution in [3.8, 4) is 5.75 Å². The summed E-state index contributed by atoms with van der Waals surface area (Å²) in [5, 5.41) is 20.2. The van der Waals surface area contributed by atoms with Crippen molar-refractivity contribution < 1.29 is 24.5 Å². The maximum atomic E-state index is 12.8. The number of aromatic hydroxyl groups is 1. The third kappa shape index (κ3) is 1.51. The molecule has 4 rings (SSSR count). The topological polar surface area (TPSA) is 87.1 Å². The number of carbonyl (C=O) groups is 2. The summed E-state index contributed by atoms with van der Waals surface area (Å²) < 4.78 is 5.33. The van der Waals surface area contributed by atoms with Gasteiger partial charge in [0.25, 0.3) is 0 Å². The van der Waals surface area contributed by atoms with Gasteiger partial charge in [-0.15, -0.1) is 0 Å². The van der Waals surface area contributed by atoms with Crippen molar-refractivity contribution >= 4 is 17.5 Å². The number of carbonyl (C=O) groups excluding carboxylic acids is 2. The molecule has 3 fully saturated rings. The molecule has 2 amide bonds. The molecule has 0 radical (unpaired) electrons. The Morgan fingerprint density at radius 3 is 2.41 bits per heavy atom. The predicted molar refractivity (Wildman–Crippen MR) is 76.0 cm³/mol. The first-order chi connectivity index (χ1) is 10.6. The molecule has 0 unspecified atom stereocenters. The molecule has 1 aromatic carbocycles. The second-order valence-electron chi connectivity index (χ2n) is 6.31. The first-order valence-electron chi connectivity index (χ1n) is 7.43. The fourth-order valence-electron chi connectivity index (χ4n) is 4.61. The number of ether oxygens (including phenoxy) is 1. The van der Waals surface area contributed by atoms with Crippen molar-refractivity contribution in [1.29, 1.82) is 0 Å². The van der Waals surface area contributed by atoms with Gasteiger partial charge in [-0.05, 0) is 18.6 Å². The van der Waals surface area contributed by atoms with Gasteiger partial charge in [0.05, 0.1) is 29.7 Å². The summed E-state index contributed by atoms with van der Waals surface area (Å²) in [6.07, 6.45) is -0.467. The molecule has 6 heteroatoms. The largest absolute Gasteiger partial charge is 0.506 e. The lowest BCUT2D eigenvalue weighted by molar-refractivity contribution is -0.131. The van der Waals surface area contributed by atoms with Crippen molar-refractivity contribution in [3.05, 3.63) is 24.3 Å². The first-order valence-corrected chi connectivity index (χ1v) is 7.43. The summed E-state index contributed by atoms with van der Waals surface area (Å²) in [7, 11) is 1.52. The van der Waals surface area contributed by atoms with Crippen molar-refractivity contribution in [1.82, 2.24) is 0 Å². The van der Waals surface area contributed by atoms with Gasteiger partial charge in [0.15, 0.2) is 0 Å². The van der Waals surface area contributed by atoms with Crippen LogP contribution in [0.5, 0.6) is 5.75 Å². The van der Waals surface area contributed by atoms with Gasteiger partial charge in [-0.25, -0.2) is 4.90 Å². The highest BCUT2D eigenvalue weighted by Crippen LogP contribution is 2.57. The summed E-state index contributed by atoms with van der Waals surface area (Å²) in [6.45, 7) is 0. The van der Waals surface area contributed by atoms with Gasteiger partial charge in [-0.2, -0.15) is 0 Å². The molecule has 2 saturated carbocycles. The van der Waals surface area contributed by atoms with Gasteiger partial charge in [0.1, 0.15) is 5.75 Å². The minimum atomic E-state index is -0.711. The van der Waals surface area contributed by atoms with Crippen LogP contribution in [0.1, 0.15) is 6.42 Å². The van der Waals surface area contributed by atoms with Crippen LogP contribution in [0.3, 0.4) is 0 Å². The number of imide groups is 1. The Morgan fingerprint density at radius 2 is 1.77 bits per heavy atom. The highest BCUT2D eigenvalue weighted by Gasteiger charge is 2.67. The monoisotopic (exact) mass is 303 g/mol. The Morgan fingerprint density at radius 1 is 1.14 bits per heavy atom. The summed E-state index contributed by atoms with van der Waals surface area (Å²) >= 11 is 0. The van der Waals surface area contributed by atoms with Gasteiger partial charge in [0.2, 0.25) is 11.8 Å². The minimum absolute atomic E-state index is 0.0969. The first kappa shape index (κ1) is 13.7. The maximum Gasteiger partial charge on any atom is 0.238 e. The van der Waals surface area contributed by atoms with E-state index in [1.54, 1.807) is 18.2 Å².